The van der Waals surface area contributed by atoms with Gasteiger partial charge in [0.1, 0.15) is 0 Å². The van der Waals surface area contributed by atoms with Gasteiger partial charge in [-0.2, -0.15) is 0 Å². The van der Waals surface area contributed by atoms with E-state index in [0.29, 0.717) is 0 Å². The fourth-order valence-electron chi connectivity index (χ4n) is 8.19. The molecule has 10 rings (SSSR count). The van der Waals surface area contributed by atoms with Crippen molar-refractivity contribution >= 4 is 71.4 Å². The predicted octanol–water partition coefficient (Wildman–Crippen LogP) is 13.8. The minimum atomic E-state index is 0.0214. The highest BCUT2D eigenvalue weighted by atomic mass is 15.1. The van der Waals surface area contributed by atoms with Gasteiger partial charge in [0.2, 0.25) is 0 Å². The molecule has 0 amide bonds. The van der Waals surface area contributed by atoms with Crippen LogP contribution in [0.4, 0.5) is 17.1 Å². The van der Waals surface area contributed by atoms with Crippen LogP contribution in [-0.2, 0) is 5.41 Å². The molecule has 0 aliphatic carbocycles. The number of hydrogen-bond donors (Lipinski definition) is 0. The van der Waals surface area contributed by atoms with Crippen LogP contribution in [0.15, 0.2) is 182 Å². The minimum absolute atomic E-state index is 0.0214. The maximum Gasteiger partial charge on any atom is 0.0542 e. The zero-order chi connectivity index (χ0) is 35.7. The molecular weight excluding hydrogens is 643 g/mol. The number of rotatable bonds is 5. The second-order valence-corrected chi connectivity index (χ2v) is 15.1. The topological polar surface area (TPSA) is 13.1 Å². The SMILES string of the molecule is CC(C)(C)c1ccc2c(c1)c1cc(N(c3ccccc3)c3ccc4c(c3)c3ccccc3n4-c3ccccc3)ccc1n2-c1ccc2ccccc2c1. The molecule has 0 unspecified atom stereocenters. The molecule has 3 nitrogen and oxygen atoms in total. The van der Waals surface area contributed by atoms with Crippen molar-refractivity contribution in [1.29, 1.82) is 0 Å². The highest BCUT2D eigenvalue weighted by molar-refractivity contribution is 6.13. The Morgan fingerprint density at radius 1 is 0.358 bits per heavy atom. The van der Waals surface area contributed by atoms with Gasteiger partial charge in [-0.25, -0.2) is 0 Å². The van der Waals surface area contributed by atoms with Crippen molar-refractivity contribution in [3.05, 3.63) is 188 Å². The third kappa shape index (κ3) is 5.11. The summed E-state index contributed by atoms with van der Waals surface area (Å²) >= 11 is 0. The van der Waals surface area contributed by atoms with E-state index < -0.39 is 0 Å². The monoisotopic (exact) mass is 681 g/mol. The third-order valence-corrected chi connectivity index (χ3v) is 10.8. The number of para-hydroxylation sites is 3. The first-order chi connectivity index (χ1) is 25.9. The Kier molecular flexibility index (Phi) is 7.06. The van der Waals surface area contributed by atoms with E-state index in [1.54, 1.807) is 0 Å². The number of benzene rings is 8. The molecule has 8 aromatic carbocycles. The Bertz CT molecular complexity index is 2980. The number of anilines is 3. The van der Waals surface area contributed by atoms with Gasteiger partial charge in [-0.1, -0.05) is 112 Å². The van der Waals surface area contributed by atoms with E-state index in [1.165, 1.54) is 65.6 Å². The Morgan fingerprint density at radius 3 is 1.58 bits per heavy atom. The summed E-state index contributed by atoms with van der Waals surface area (Å²) in [6.45, 7) is 6.89. The Balaban J connectivity index is 1.22. The lowest BCUT2D eigenvalue weighted by atomic mass is 9.86. The van der Waals surface area contributed by atoms with Gasteiger partial charge in [0.25, 0.3) is 0 Å². The van der Waals surface area contributed by atoms with Crippen LogP contribution in [0.2, 0.25) is 0 Å². The molecule has 0 N–H and O–H groups in total. The third-order valence-electron chi connectivity index (χ3n) is 10.8. The van der Waals surface area contributed by atoms with E-state index in [-0.39, 0.29) is 5.41 Å². The van der Waals surface area contributed by atoms with Gasteiger partial charge in [-0.05, 0) is 113 Å². The molecule has 0 saturated carbocycles. The average Bonchev–Trinajstić information content (AvgIpc) is 3.70. The van der Waals surface area contributed by atoms with Crippen LogP contribution in [0.1, 0.15) is 26.3 Å². The summed E-state index contributed by atoms with van der Waals surface area (Å²) in [4.78, 5) is 2.40. The first-order valence-corrected chi connectivity index (χ1v) is 18.4. The molecule has 2 heterocycles. The van der Waals surface area contributed by atoms with Gasteiger partial charge in [0.15, 0.2) is 0 Å². The quantitative estimate of drug-likeness (QED) is 0.176. The fourth-order valence-corrected chi connectivity index (χ4v) is 8.19. The van der Waals surface area contributed by atoms with Crippen LogP contribution in [0, 0.1) is 0 Å². The molecule has 2 aromatic heterocycles. The molecule has 254 valence electrons. The predicted molar refractivity (Wildman–Crippen MR) is 226 cm³/mol. The van der Waals surface area contributed by atoms with Gasteiger partial charge in [0.05, 0.1) is 22.1 Å². The Morgan fingerprint density at radius 2 is 0.887 bits per heavy atom. The fraction of sp³-hybridized carbons (Fsp3) is 0.0800. The van der Waals surface area contributed by atoms with Crippen LogP contribution < -0.4 is 4.90 Å². The lowest BCUT2D eigenvalue weighted by Gasteiger charge is -2.26. The van der Waals surface area contributed by atoms with Gasteiger partial charge in [0, 0.05) is 50.0 Å². The molecule has 0 saturated heterocycles. The van der Waals surface area contributed by atoms with Crippen molar-refractivity contribution in [2.45, 2.75) is 26.2 Å². The van der Waals surface area contributed by atoms with Crippen LogP contribution >= 0.6 is 0 Å². The van der Waals surface area contributed by atoms with E-state index in [0.717, 1.165) is 22.7 Å². The molecular formula is C50H39N3. The number of nitrogens with zero attached hydrogens (tertiary/aromatic N) is 3. The highest BCUT2D eigenvalue weighted by Gasteiger charge is 2.21. The van der Waals surface area contributed by atoms with Crippen LogP contribution in [0.25, 0.3) is 65.8 Å². The standard InChI is InChI=1S/C50H39N3/c1-50(2,3)36-23-27-47-43(31-36)45-33-41(26-29-49(45)53(47)39-24-22-34-14-10-11-15-35(34)30-39)51(37-16-6-4-7-17-37)40-25-28-48-44(32-40)42-20-12-13-21-46(42)52(48)38-18-8-5-9-19-38/h4-33H,1-3H3. The molecule has 0 aliphatic rings. The number of hydrogen-bond acceptors (Lipinski definition) is 1. The highest BCUT2D eigenvalue weighted by Crippen LogP contribution is 2.43. The summed E-state index contributed by atoms with van der Waals surface area (Å²) in [7, 11) is 0. The first kappa shape index (κ1) is 31.2. The molecule has 0 bridgehead atoms. The largest absolute Gasteiger partial charge is 0.310 e. The molecule has 3 heteroatoms. The maximum absolute atomic E-state index is 2.44. The average molecular weight is 682 g/mol. The van der Waals surface area contributed by atoms with Crippen molar-refractivity contribution in [1.82, 2.24) is 9.13 Å². The molecule has 0 radical (unpaired) electrons. The lowest BCUT2D eigenvalue weighted by Crippen LogP contribution is -2.10. The summed E-state index contributed by atoms with van der Waals surface area (Å²) in [5.41, 5.74) is 11.8. The van der Waals surface area contributed by atoms with Crippen molar-refractivity contribution in [3.8, 4) is 11.4 Å². The van der Waals surface area contributed by atoms with Crippen molar-refractivity contribution in [3.63, 3.8) is 0 Å². The van der Waals surface area contributed by atoms with Crippen molar-refractivity contribution in [2.24, 2.45) is 0 Å². The number of fused-ring (bicyclic) bond motifs is 7. The summed E-state index contributed by atoms with van der Waals surface area (Å²) in [6.07, 6.45) is 0. The number of aromatic nitrogens is 2. The van der Waals surface area contributed by atoms with Crippen molar-refractivity contribution < 1.29 is 0 Å². The van der Waals surface area contributed by atoms with Crippen molar-refractivity contribution in [2.75, 3.05) is 4.90 Å². The molecule has 0 aliphatic heterocycles. The molecule has 0 spiro atoms. The molecule has 0 fully saturated rings. The van der Waals surface area contributed by atoms with E-state index in [2.05, 4.69) is 217 Å². The van der Waals surface area contributed by atoms with E-state index in [9.17, 15) is 0 Å². The molecule has 10 aromatic rings. The van der Waals surface area contributed by atoms with E-state index in [4.69, 9.17) is 0 Å². The second kappa shape index (κ2) is 12.0. The van der Waals surface area contributed by atoms with E-state index >= 15 is 0 Å². The summed E-state index contributed by atoms with van der Waals surface area (Å²) in [6, 6.07) is 66.5. The minimum Gasteiger partial charge on any atom is -0.310 e. The van der Waals surface area contributed by atoms with Crippen LogP contribution in [-0.4, -0.2) is 9.13 Å². The second-order valence-electron chi connectivity index (χ2n) is 15.1. The van der Waals surface area contributed by atoms with Gasteiger partial charge in [-0.3, -0.25) is 0 Å². The van der Waals surface area contributed by atoms with Gasteiger partial charge < -0.3 is 14.0 Å². The van der Waals surface area contributed by atoms with Crippen LogP contribution in [0.5, 0.6) is 0 Å². The van der Waals surface area contributed by atoms with Gasteiger partial charge in [-0.15, -0.1) is 0 Å². The van der Waals surface area contributed by atoms with E-state index in [1.807, 2.05) is 0 Å². The zero-order valence-corrected chi connectivity index (χ0v) is 30.2. The van der Waals surface area contributed by atoms with Gasteiger partial charge >= 0.3 is 0 Å². The lowest BCUT2D eigenvalue weighted by molar-refractivity contribution is 0.591. The zero-order valence-electron chi connectivity index (χ0n) is 30.2. The first-order valence-electron chi connectivity index (χ1n) is 18.4. The normalized spacial score (nSPS) is 12.1. The smallest absolute Gasteiger partial charge is 0.0542 e. The maximum atomic E-state index is 2.44. The summed E-state index contributed by atoms with van der Waals surface area (Å²) in [5, 5.41) is 7.45. The molecule has 53 heavy (non-hydrogen) atoms. The Labute approximate surface area is 309 Å². The van der Waals surface area contributed by atoms with Crippen LogP contribution in [0.3, 0.4) is 0 Å². The summed E-state index contributed by atoms with van der Waals surface area (Å²) in [5.74, 6) is 0. The molecule has 0 atom stereocenters. The summed E-state index contributed by atoms with van der Waals surface area (Å²) < 4.78 is 4.81. The Hall–Kier alpha value is -6.58.